The molecule has 0 aromatic carbocycles. The van der Waals surface area contributed by atoms with E-state index in [1.54, 1.807) is 4.52 Å². The van der Waals surface area contributed by atoms with Crippen molar-refractivity contribution in [3.63, 3.8) is 0 Å². The van der Waals surface area contributed by atoms with Crippen molar-refractivity contribution in [2.24, 2.45) is 0 Å². The Morgan fingerprint density at radius 3 is 3.31 bits per heavy atom. The summed E-state index contributed by atoms with van der Waals surface area (Å²) in [5.41, 5.74) is 2.09. The maximum Gasteiger partial charge on any atom is 0.256 e. The molecule has 0 radical (unpaired) electrons. The molecule has 0 bridgehead atoms. The van der Waals surface area contributed by atoms with Crippen LogP contribution in [-0.4, -0.2) is 21.2 Å². The van der Waals surface area contributed by atoms with Gasteiger partial charge in [0.05, 0.1) is 30.7 Å². The van der Waals surface area contributed by atoms with Crippen LogP contribution in [0.25, 0.3) is 5.65 Å². The lowest BCUT2D eigenvalue weighted by Gasteiger charge is -2.15. The number of nitrogens with zero attached hydrogens (tertiary/aromatic N) is 3. The Hall–Kier alpha value is -2.13. The molecule has 0 unspecified atom stereocenters. The molecular formula is C10H8N4O2. The maximum atomic E-state index is 11.8. The van der Waals surface area contributed by atoms with Crippen LogP contribution >= 0.6 is 0 Å². The lowest BCUT2D eigenvalue weighted by molar-refractivity contribution is 0.107. The van der Waals surface area contributed by atoms with Crippen LogP contribution in [0.1, 0.15) is 16.8 Å². The van der Waals surface area contributed by atoms with Crippen LogP contribution in [0.3, 0.4) is 0 Å². The van der Waals surface area contributed by atoms with Gasteiger partial charge in [0.2, 0.25) is 0 Å². The summed E-state index contributed by atoms with van der Waals surface area (Å²) in [5, 5.41) is 13.0. The first-order valence-corrected chi connectivity index (χ1v) is 4.91. The van der Waals surface area contributed by atoms with Crippen molar-refractivity contribution >= 4 is 5.65 Å². The summed E-state index contributed by atoms with van der Waals surface area (Å²) >= 11 is 0. The standard InChI is InChI=1S/C10H8N4O2/c11-3-6-4-12-14-8-1-2-16-5-7(8)10(15)13-9(6)14/h4H,1-2,5H2,(H,13,15). The molecule has 0 amide bonds. The van der Waals surface area contributed by atoms with E-state index in [1.807, 2.05) is 6.07 Å². The number of fused-ring (bicyclic) bond motifs is 3. The minimum Gasteiger partial charge on any atom is -0.376 e. The predicted molar refractivity (Wildman–Crippen MR) is 53.9 cm³/mol. The first-order valence-electron chi connectivity index (χ1n) is 4.91. The zero-order chi connectivity index (χ0) is 11.1. The van der Waals surface area contributed by atoms with Gasteiger partial charge in [-0.3, -0.25) is 4.79 Å². The van der Waals surface area contributed by atoms with Gasteiger partial charge in [0, 0.05) is 6.42 Å². The minimum atomic E-state index is -0.195. The summed E-state index contributed by atoms with van der Waals surface area (Å²) in [7, 11) is 0. The van der Waals surface area contributed by atoms with Gasteiger partial charge in [0.25, 0.3) is 5.56 Å². The summed E-state index contributed by atoms with van der Waals surface area (Å²) in [4.78, 5) is 14.4. The molecule has 0 saturated carbocycles. The smallest absolute Gasteiger partial charge is 0.256 e. The SMILES string of the molecule is N#Cc1cnn2c3c(c(=O)[nH]c12)COCC3. The van der Waals surface area contributed by atoms with Crippen molar-refractivity contribution < 1.29 is 4.74 Å². The average molecular weight is 216 g/mol. The molecule has 1 N–H and O–H groups in total. The number of aromatic nitrogens is 3. The molecule has 6 heteroatoms. The van der Waals surface area contributed by atoms with Crippen molar-refractivity contribution in [2.75, 3.05) is 6.61 Å². The number of aromatic amines is 1. The van der Waals surface area contributed by atoms with Crippen LogP contribution in [0.2, 0.25) is 0 Å². The normalized spacial score (nSPS) is 14.7. The fraction of sp³-hybridized carbons (Fsp3) is 0.300. The van der Waals surface area contributed by atoms with Crippen LogP contribution in [0.5, 0.6) is 0 Å². The van der Waals surface area contributed by atoms with Gasteiger partial charge in [0.15, 0.2) is 5.65 Å². The molecular weight excluding hydrogens is 208 g/mol. The molecule has 6 nitrogen and oxygen atoms in total. The Balaban J connectivity index is 2.44. The van der Waals surface area contributed by atoms with E-state index in [0.29, 0.717) is 36.4 Å². The van der Waals surface area contributed by atoms with Gasteiger partial charge in [-0.2, -0.15) is 10.4 Å². The molecule has 80 valence electrons. The molecule has 3 heterocycles. The molecule has 3 rings (SSSR count). The van der Waals surface area contributed by atoms with Gasteiger partial charge < -0.3 is 9.72 Å². The molecule has 0 spiro atoms. The molecule has 1 aliphatic rings. The van der Waals surface area contributed by atoms with E-state index in [2.05, 4.69) is 10.1 Å². The predicted octanol–water partition coefficient (Wildman–Crippen LogP) is -0.0330. The molecule has 0 aliphatic carbocycles. The quantitative estimate of drug-likeness (QED) is 0.670. The minimum absolute atomic E-state index is 0.195. The van der Waals surface area contributed by atoms with Crippen LogP contribution in [-0.2, 0) is 17.8 Å². The number of hydrogen-bond acceptors (Lipinski definition) is 4. The summed E-state index contributed by atoms with van der Waals surface area (Å²) in [5.74, 6) is 0. The fourth-order valence-corrected chi connectivity index (χ4v) is 1.95. The van der Waals surface area contributed by atoms with Crippen molar-refractivity contribution in [3.05, 3.63) is 33.4 Å². The Bertz CT molecular complexity index is 662. The van der Waals surface area contributed by atoms with Crippen LogP contribution in [0, 0.1) is 11.3 Å². The second kappa shape index (κ2) is 3.18. The number of nitrogens with one attached hydrogen (secondary N) is 1. The van der Waals surface area contributed by atoms with E-state index in [1.165, 1.54) is 6.20 Å². The van der Waals surface area contributed by atoms with Crippen molar-refractivity contribution in [3.8, 4) is 6.07 Å². The van der Waals surface area contributed by atoms with Crippen molar-refractivity contribution in [2.45, 2.75) is 13.0 Å². The van der Waals surface area contributed by atoms with Gasteiger partial charge in [-0.25, -0.2) is 4.52 Å². The van der Waals surface area contributed by atoms with E-state index in [9.17, 15) is 4.79 Å². The Labute approximate surface area is 90.1 Å². The van der Waals surface area contributed by atoms with Crippen molar-refractivity contribution in [1.82, 2.24) is 14.6 Å². The Morgan fingerprint density at radius 2 is 2.50 bits per heavy atom. The lowest BCUT2D eigenvalue weighted by atomic mass is 10.1. The van der Waals surface area contributed by atoms with E-state index >= 15 is 0 Å². The van der Waals surface area contributed by atoms with Crippen LogP contribution in [0.4, 0.5) is 0 Å². The van der Waals surface area contributed by atoms with Crippen molar-refractivity contribution in [1.29, 1.82) is 5.26 Å². The second-order valence-corrected chi connectivity index (χ2v) is 3.61. The molecule has 2 aromatic heterocycles. The van der Waals surface area contributed by atoms with Gasteiger partial charge in [0.1, 0.15) is 11.6 Å². The number of hydrogen-bond donors (Lipinski definition) is 1. The largest absolute Gasteiger partial charge is 0.376 e. The summed E-state index contributed by atoms with van der Waals surface area (Å²) < 4.78 is 6.86. The van der Waals surface area contributed by atoms with Gasteiger partial charge in [-0.05, 0) is 0 Å². The lowest BCUT2D eigenvalue weighted by Crippen LogP contribution is -2.25. The van der Waals surface area contributed by atoms with Gasteiger partial charge in [-0.15, -0.1) is 0 Å². The van der Waals surface area contributed by atoms with Gasteiger partial charge >= 0.3 is 0 Å². The van der Waals surface area contributed by atoms with Gasteiger partial charge in [-0.1, -0.05) is 0 Å². The zero-order valence-electron chi connectivity index (χ0n) is 8.36. The highest BCUT2D eigenvalue weighted by molar-refractivity contribution is 5.54. The third-order valence-electron chi connectivity index (χ3n) is 2.73. The molecule has 16 heavy (non-hydrogen) atoms. The third kappa shape index (κ3) is 1.09. The fourth-order valence-electron chi connectivity index (χ4n) is 1.95. The van der Waals surface area contributed by atoms with E-state index in [0.717, 1.165) is 5.69 Å². The van der Waals surface area contributed by atoms with E-state index in [4.69, 9.17) is 10.00 Å². The highest BCUT2D eigenvalue weighted by atomic mass is 16.5. The third-order valence-corrected chi connectivity index (χ3v) is 2.73. The van der Waals surface area contributed by atoms with Crippen LogP contribution in [0.15, 0.2) is 11.0 Å². The molecule has 2 aromatic rings. The maximum absolute atomic E-state index is 11.8. The Morgan fingerprint density at radius 1 is 1.62 bits per heavy atom. The summed E-state index contributed by atoms with van der Waals surface area (Å²) in [6.07, 6.45) is 2.10. The zero-order valence-corrected chi connectivity index (χ0v) is 8.36. The first-order chi connectivity index (χ1) is 7.81. The van der Waals surface area contributed by atoms with E-state index < -0.39 is 0 Å². The molecule has 0 fully saturated rings. The first kappa shape index (κ1) is 9.12. The summed E-state index contributed by atoms with van der Waals surface area (Å²) in [6.45, 7) is 0.885. The molecule has 0 atom stereocenters. The molecule has 0 saturated heterocycles. The highest BCUT2D eigenvalue weighted by Crippen LogP contribution is 2.15. The highest BCUT2D eigenvalue weighted by Gasteiger charge is 2.19. The van der Waals surface area contributed by atoms with E-state index in [-0.39, 0.29) is 5.56 Å². The number of nitriles is 1. The number of H-pyrrole nitrogens is 1. The molecule has 1 aliphatic heterocycles. The average Bonchev–Trinajstić information content (AvgIpc) is 2.72. The number of rotatable bonds is 0. The Kier molecular flexibility index (Phi) is 1.81. The monoisotopic (exact) mass is 216 g/mol. The van der Waals surface area contributed by atoms with Crippen LogP contribution < -0.4 is 5.56 Å². The second-order valence-electron chi connectivity index (χ2n) is 3.61. The topological polar surface area (TPSA) is 83.2 Å². The number of ether oxygens (including phenoxy) is 1. The summed E-state index contributed by atoms with van der Waals surface area (Å²) in [6, 6.07) is 2.00.